The molecule has 0 saturated heterocycles. The van der Waals surface area contributed by atoms with Crippen molar-refractivity contribution in [3.63, 3.8) is 0 Å². The quantitative estimate of drug-likeness (QED) is 0.531. The third kappa shape index (κ3) is 3.15. The zero-order chi connectivity index (χ0) is 21.3. The summed E-state index contributed by atoms with van der Waals surface area (Å²) in [5.41, 5.74) is -0.820. The summed E-state index contributed by atoms with van der Waals surface area (Å²) in [4.78, 5) is 12.7. The SMILES string of the molecule is COc1cc(CO)c(-c2c(O)c3c(OC)c(OC)c(OC)cc3oc2=O)cc1O. The van der Waals surface area contributed by atoms with Crippen molar-refractivity contribution in [2.75, 3.05) is 28.4 Å². The highest BCUT2D eigenvalue weighted by molar-refractivity contribution is 5.98. The first kappa shape index (κ1) is 20.2. The maximum atomic E-state index is 12.7. The molecule has 0 amide bonds. The molecule has 0 aliphatic carbocycles. The summed E-state index contributed by atoms with van der Waals surface area (Å²) in [6, 6.07) is 3.95. The first-order chi connectivity index (χ1) is 13.9. The highest BCUT2D eigenvalue weighted by Gasteiger charge is 2.26. The van der Waals surface area contributed by atoms with Gasteiger partial charge >= 0.3 is 5.63 Å². The molecular formula is C20H20O9. The standard InChI is InChI=1S/C20H20O9/c1-25-12-5-9(8-21)10(6-11(12)22)15-17(23)16-13(29-20(15)24)7-14(26-2)18(27-3)19(16)28-4/h5-7,21-23H,8H2,1-4H3. The van der Waals surface area contributed by atoms with Gasteiger partial charge in [0.15, 0.2) is 23.0 Å². The molecular weight excluding hydrogens is 384 g/mol. The van der Waals surface area contributed by atoms with Crippen molar-refractivity contribution in [1.29, 1.82) is 0 Å². The second-order valence-corrected chi connectivity index (χ2v) is 5.97. The second-order valence-electron chi connectivity index (χ2n) is 5.97. The maximum absolute atomic E-state index is 12.7. The van der Waals surface area contributed by atoms with E-state index in [1.807, 2.05) is 0 Å². The lowest BCUT2D eigenvalue weighted by atomic mass is 9.98. The lowest BCUT2D eigenvalue weighted by Crippen LogP contribution is -2.07. The minimum absolute atomic E-state index is 0.00836. The summed E-state index contributed by atoms with van der Waals surface area (Å²) >= 11 is 0. The summed E-state index contributed by atoms with van der Waals surface area (Å²) in [5.74, 6) is -0.117. The van der Waals surface area contributed by atoms with E-state index in [0.29, 0.717) is 0 Å². The van der Waals surface area contributed by atoms with E-state index in [0.717, 1.165) is 0 Å². The molecule has 0 unspecified atom stereocenters. The van der Waals surface area contributed by atoms with Gasteiger partial charge in [-0.3, -0.25) is 0 Å². The van der Waals surface area contributed by atoms with Crippen molar-refractivity contribution in [2.45, 2.75) is 6.61 Å². The molecule has 0 saturated carbocycles. The molecule has 0 spiro atoms. The van der Waals surface area contributed by atoms with Crippen LogP contribution in [0.3, 0.4) is 0 Å². The molecule has 0 atom stereocenters. The van der Waals surface area contributed by atoms with Crippen LogP contribution in [0.25, 0.3) is 22.1 Å². The monoisotopic (exact) mass is 404 g/mol. The van der Waals surface area contributed by atoms with Gasteiger partial charge in [0, 0.05) is 11.6 Å². The van der Waals surface area contributed by atoms with Gasteiger partial charge in [-0.25, -0.2) is 4.79 Å². The molecule has 3 rings (SSSR count). The molecule has 1 aromatic heterocycles. The Kier molecular flexibility index (Phi) is 5.42. The molecule has 154 valence electrons. The number of benzene rings is 2. The Hall–Kier alpha value is -3.59. The number of methoxy groups -OCH3 is 4. The maximum Gasteiger partial charge on any atom is 0.348 e. The van der Waals surface area contributed by atoms with Gasteiger partial charge in [0.05, 0.1) is 35.0 Å². The van der Waals surface area contributed by atoms with Crippen molar-refractivity contribution in [3.05, 3.63) is 34.2 Å². The predicted molar refractivity (Wildman–Crippen MR) is 103 cm³/mol. The van der Waals surface area contributed by atoms with E-state index < -0.39 is 18.0 Å². The van der Waals surface area contributed by atoms with Crippen LogP contribution in [0.5, 0.6) is 34.5 Å². The number of ether oxygens (including phenoxy) is 4. The minimum atomic E-state index is -0.886. The normalized spacial score (nSPS) is 10.8. The third-order valence-corrected chi connectivity index (χ3v) is 4.52. The number of hydrogen-bond acceptors (Lipinski definition) is 9. The van der Waals surface area contributed by atoms with Gasteiger partial charge in [0.1, 0.15) is 22.3 Å². The van der Waals surface area contributed by atoms with Crippen LogP contribution >= 0.6 is 0 Å². The van der Waals surface area contributed by atoms with Crippen LogP contribution in [0.15, 0.2) is 27.4 Å². The molecule has 0 bridgehead atoms. The van der Waals surface area contributed by atoms with Gasteiger partial charge in [-0.1, -0.05) is 0 Å². The summed E-state index contributed by atoms with van der Waals surface area (Å²) in [6.45, 7) is -0.480. The van der Waals surface area contributed by atoms with E-state index in [4.69, 9.17) is 23.4 Å². The van der Waals surface area contributed by atoms with Crippen LogP contribution in [0.1, 0.15) is 5.56 Å². The molecule has 9 heteroatoms. The van der Waals surface area contributed by atoms with Gasteiger partial charge in [-0.15, -0.1) is 0 Å². The lowest BCUT2D eigenvalue weighted by Gasteiger charge is -2.17. The van der Waals surface area contributed by atoms with Gasteiger partial charge in [0.2, 0.25) is 5.75 Å². The van der Waals surface area contributed by atoms with Crippen LogP contribution < -0.4 is 24.6 Å². The summed E-state index contributed by atoms with van der Waals surface area (Å²) < 4.78 is 26.3. The molecule has 1 heterocycles. The Morgan fingerprint density at radius 3 is 2.10 bits per heavy atom. The van der Waals surface area contributed by atoms with Gasteiger partial charge in [0.25, 0.3) is 0 Å². The average molecular weight is 404 g/mol. The van der Waals surface area contributed by atoms with Crippen LogP contribution in [0.4, 0.5) is 0 Å². The number of aromatic hydroxyl groups is 2. The fraction of sp³-hybridized carbons (Fsp3) is 0.250. The highest BCUT2D eigenvalue weighted by atomic mass is 16.5. The van der Waals surface area contributed by atoms with E-state index in [1.54, 1.807) is 0 Å². The van der Waals surface area contributed by atoms with Gasteiger partial charge in [-0.2, -0.15) is 0 Å². The summed E-state index contributed by atoms with van der Waals surface area (Å²) in [5, 5.41) is 30.9. The topological polar surface area (TPSA) is 128 Å². The number of rotatable bonds is 6. The number of fused-ring (bicyclic) bond motifs is 1. The zero-order valence-electron chi connectivity index (χ0n) is 16.2. The van der Waals surface area contributed by atoms with E-state index in [9.17, 15) is 20.1 Å². The Morgan fingerprint density at radius 1 is 0.897 bits per heavy atom. The van der Waals surface area contributed by atoms with Crippen LogP contribution in [-0.4, -0.2) is 43.8 Å². The Labute approximate surface area is 165 Å². The fourth-order valence-corrected chi connectivity index (χ4v) is 3.19. The lowest BCUT2D eigenvalue weighted by molar-refractivity contribution is 0.281. The first-order valence-electron chi connectivity index (χ1n) is 8.41. The van der Waals surface area contributed by atoms with Crippen LogP contribution in [0.2, 0.25) is 0 Å². The predicted octanol–water partition coefficient (Wildman–Crippen LogP) is 2.40. The molecule has 0 fully saturated rings. The van der Waals surface area contributed by atoms with Crippen molar-refractivity contribution in [1.82, 2.24) is 0 Å². The molecule has 9 nitrogen and oxygen atoms in total. The summed E-state index contributed by atoms with van der Waals surface area (Å²) in [6.07, 6.45) is 0. The average Bonchev–Trinajstić information content (AvgIpc) is 2.72. The summed E-state index contributed by atoms with van der Waals surface area (Å²) in [7, 11) is 5.51. The van der Waals surface area contributed by atoms with Gasteiger partial charge in [-0.05, 0) is 17.7 Å². The number of aliphatic hydroxyl groups excluding tert-OH is 1. The molecule has 0 radical (unpaired) electrons. The number of aliphatic hydroxyl groups is 1. The van der Waals surface area contributed by atoms with E-state index >= 15 is 0 Å². The molecule has 2 aromatic carbocycles. The number of hydrogen-bond donors (Lipinski definition) is 3. The molecule has 0 aliphatic heterocycles. The van der Waals surface area contributed by atoms with E-state index in [1.165, 1.54) is 46.6 Å². The Bertz CT molecular complexity index is 1130. The van der Waals surface area contributed by atoms with E-state index in [-0.39, 0.29) is 56.4 Å². The van der Waals surface area contributed by atoms with Crippen molar-refractivity contribution >= 4 is 11.0 Å². The molecule has 3 N–H and O–H groups in total. The zero-order valence-corrected chi connectivity index (χ0v) is 16.2. The first-order valence-corrected chi connectivity index (χ1v) is 8.41. The van der Waals surface area contributed by atoms with Crippen molar-refractivity contribution < 1.29 is 38.7 Å². The Balaban J connectivity index is 2.45. The van der Waals surface area contributed by atoms with Crippen LogP contribution in [-0.2, 0) is 6.61 Å². The fourth-order valence-electron chi connectivity index (χ4n) is 3.19. The third-order valence-electron chi connectivity index (χ3n) is 4.52. The molecule has 29 heavy (non-hydrogen) atoms. The number of phenols is 1. The molecule has 0 aliphatic rings. The smallest absolute Gasteiger partial charge is 0.348 e. The van der Waals surface area contributed by atoms with Crippen molar-refractivity contribution in [3.8, 4) is 45.6 Å². The second kappa shape index (κ2) is 7.80. The minimum Gasteiger partial charge on any atom is -0.506 e. The Morgan fingerprint density at radius 2 is 1.55 bits per heavy atom. The highest BCUT2D eigenvalue weighted by Crippen LogP contribution is 2.49. The van der Waals surface area contributed by atoms with Crippen molar-refractivity contribution in [2.24, 2.45) is 0 Å². The molecule has 3 aromatic rings. The largest absolute Gasteiger partial charge is 0.506 e. The van der Waals surface area contributed by atoms with Crippen LogP contribution in [0, 0.1) is 0 Å². The van der Waals surface area contributed by atoms with E-state index in [2.05, 4.69) is 0 Å². The van der Waals surface area contributed by atoms with Gasteiger partial charge < -0.3 is 38.7 Å². The number of phenolic OH excluding ortho intramolecular Hbond substituents is 1.